The molecule has 1 N–H and O–H groups in total. The number of nitrogens with one attached hydrogen (secondary N) is 1. The van der Waals surface area contributed by atoms with Gasteiger partial charge in [0.25, 0.3) is 0 Å². The number of likely N-dealkylation sites (N-methyl/N-ethyl adjacent to an activating group) is 1. The summed E-state index contributed by atoms with van der Waals surface area (Å²) < 4.78 is 5.83. The van der Waals surface area contributed by atoms with Gasteiger partial charge in [0.05, 0.1) is 5.92 Å². The molecule has 222 valence electrons. The standard InChI is InChI=1S/C33H38N8O2/c1-23-5-3-7-28(36-23)32-35-16-13-30(39-32)37-29-12-15-34-31(38-29)19-24-8-10-25(11-9-24)20-41-17-4-6-26(21-41)33(42)43-27-14-18-40(2)22-27/h3,5,7-13,15-16,26-27H,4,6,14,17-22H2,1-2H3,(H,34,35,37,38,39)/t26-,27-/m1/s1. The predicted octanol–water partition coefficient (Wildman–Crippen LogP) is 4.43. The van der Waals surface area contributed by atoms with Crippen LogP contribution in [0.3, 0.4) is 0 Å². The summed E-state index contributed by atoms with van der Waals surface area (Å²) >= 11 is 0. The van der Waals surface area contributed by atoms with Gasteiger partial charge in [-0.25, -0.2) is 24.9 Å². The number of hydrogen-bond donors (Lipinski definition) is 1. The smallest absolute Gasteiger partial charge is 0.310 e. The Labute approximate surface area is 252 Å². The normalized spacial score (nSPS) is 19.3. The molecule has 0 radical (unpaired) electrons. The van der Waals surface area contributed by atoms with Crippen molar-refractivity contribution in [3.05, 3.63) is 89.6 Å². The van der Waals surface area contributed by atoms with Crippen LogP contribution >= 0.6 is 0 Å². The fraction of sp³-hybridized carbons (Fsp3) is 0.394. The summed E-state index contributed by atoms with van der Waals surface area (Å²) in [5.74, 6) is 2.52. The van der Waals surface area contributed by atoms with Crippen LogP contribution in [0.5, 0.6) is 0 Å². The molecule has 3 aromatic heterocycles. The third-order valence-corrected chi connectivity index (χ3v) is 8.00. The van der Waals surface area contributed by atoms with Gasteiger partial charge in [-0.05, 0) is 75.2 Å². The molecule has 0 unspecified atom stereocenters. The first-order valence-corrected chi connectivity index (χ1v) is 15.0. The molecule has 2 aliphatic rings. The van der Waals surface area contributed by atoms with Crippen molar-refractivity contribution >= 4 is 17.6 Å². The van der Waals surface area contributed by atoms with Gasteiger partial charge < -0.3 is 15.0 Å². The molecule has 0 saturated carbocycles. The molecule has 43 heavy (non-hydrogen) atoms. The third-order valence-electron chi connectivity index (χ3n) is 8.00. The number of carbonyl (C=O) groups excluding carboxylic acids is 1. The van der Waals surface area contributed by atoms with Gasteiger partial charge in [0.1, 0.15) is 29.3 Å². The van der Waals surface area contributed by atoms with Gasteiger partial charge in [0, 0.05) is 50.7 Å². The van der Waals surface area contributed by atoms with Crippen LogP contribution < -0.4 is 5.32 Å². The Kier molecular flexibility index (Phi) is 8.95. The van der Waals surface area contributed by atoms with Crippen LogP contribution in [-0.2, 0) is 22.5 Å². The lowest BCUT2D eigenvalue weighted by atomic mass is 9.97. The Bertz CT molecular complexity index is 1550. The number of esters is 1. The first-order chi connectivity index (χ1) is 21.0. The van der Waals surface area contributed by atoms with Crippen molar-refractivity contribution in [2.75, 3.05) is 38.5 Å². The number of benzene rings is 1. The van der Waals surface area contributed by atoms with Crippen molar-refractivity contribution in [1.82, 2.24) is 34.7 Å². The van der Waals surface area contributed by atoms with Gasteiger partial charge in [-0.1, -0.05) is 30.3 Å². The molecule has 2 fully saturated rings. The van der Waals surface area contributed by atoms with Gasteiger partial charge in [-0.2, -0.15) is 0 Å². The fourth-order valence-electron chi connectivity index (χ4n) is 5.75. The number of rotatable bonds is 9. The molecule has 2 saturated heterocycles. The van der Waals surface area contributed by atoms with E-state index < -0.39 is 0 Å². The summed E-state index contributed by atoms with van der Waals surface area (Å²) in [7, 11) is 2.07. The van der Waals surface area contributed by atoms with Gasteiger partial charge in [0.2, 0.25) is 0 Å². The number of anilines is 2. The van der Waals surface area contributed by atoms with E-state index in [0.29, 0.717) is 23.9 Å². The maximum Gasteiger partial charge on any atom is 0.310 e. The predicted molar refractivity (Wildman–Crippen MR) is 165 cm³/mol. The van der Waals surface area contributed by atoms with Crippen molar-refractivity contribution in [2.24, 2.45) is 5.92 Å². The molecule has 5 heterocycles. The SMILES string of the molecule is Cc1cccc(-c2nccc(Nc3ccnc(Cc4ccc(CN5CCC[C@@H](C(=O)O[C@@H]6CCN(C)C6)C5)cc4)n3)n2)n1. The van der Waals surface area contributed by atoms with Gasteiger partial charge in [-0.15, -0.1) is 0 Å². The number of aryl methyl sites for hydroxylation is 1. The quantitative estimate of drug-likeness (QED) is 0.287. The van der Waals surface area contributed by atoms with Crippen molar-refractivity contribution in [3.63, 3.8) is 0 Å². The summed E-state index contributed by atoms with van der Waals surface area (Å²) in [5.41, 5.74) is 4.01. The topological polar surface area (TPSA) is 109 Å². The van der Waals surface area contributed by atoms with Crippen LogP contribution in [0.15, 0.2) is 67.0 Å². The Morgan fingerprint density at radius 2 is 1.70 bits per heavy atom. The van der Waals surface area contributed by atoms with E-state index in [2.05, 4.69) is 66.4 Å². The Morgan fingerprint density at radius 3 is 2.49 bits per heavy atom. The number of ether oxygens (including phenoxy) is 1. The van der Waals surface area contributed by atoms with Crippen LogP contribution in [0.1, 0.15) is 41.9 Å². The summed E-state index contributed by atoms with van der Waals surface area (Å²) in [5, 5.41) is 3.27. The van der Waals surface area contributed by atoms with Crippen molar-refractivity contribution in [3.8, 4) is 11.5 Å². The van der Waals surface area contributed by atoms with Crippen molar-refractivity contribution in [2.45, 2.75) is 45.3 Å². The van der Waals surface area contributed by atoms with E-state index in [-0.39, 0.29) is 18.0 Å². The fourth-order valence-corrected chi connectivity index (χ4v) is 5.75. The van der Waals surface area contributed by atoms with Crippen LogP contribution in [0.2, 0.25) is 0 Å². The molecule has 0 amide bonds. The molecule has 0 bridgehead atoms. The molecule has 4 aromatic rings. The summed E-state index contributed by atoms with van der Waals surface area (Å²) in [6, 6.07) is 18.0. The third kappa shape index (κ3) is 7.77. The highest BCUT2D eigenvalue weighted by atomic mass is 16.5. The highest BCUT2D eigenvalue weighted by molar-refractivity contribution is 5.73. The first kappa shape index (κ1) is 28.8. The van der Waals surface area contributed by atoms with Crippen molar-refractivity contribution in [1.29, 1.82) is 0 Å². The molecular formula is C33H38N8O2. The van der Waals surface area contributed by atoms with E-state index in [1.165, 1.54) is 5.56 Å². The second-order valence-corrected chi connectivity index (χ2v) is 11.6. The number of aromatic nitrogens is 5. The molecule has 6 rings (SSSR count). The average molecular weight is 579 g/mol. The number of hydrogen-bond acceptors (Lipinski definition) is 10. The Balaban J connectivity index is 1.03. The molecule has 0 aliphatic carbocycles. The number of pyridine rings is 1. The van der Waals surface area contributed by atoms with Gasteiger partial charge >= 0.3 is 5.97 Å². The van der Waals surface area contributed by atoms with E-state index in [0.717, 1.165) is 74.8 Å². The lowest BCUT2D eigenvalue weighted by Crippen LogP contribution is -2.40. The monoisotopic (exact) mass is 578 g/mol. The number of likely N-dealkylation sites (tertiary alicyclic amines) is 2. The van der Waals surface area contributed by atoms with Crippen molar-refractivity contribution < 1.29 is 9.53 Å². The molecule has 0 spiro atoms. The summed E-state index contributed by atoms with van der Waals surface area (Å²) in [6.07, 6.45) is 6.99. The number of piperidine rings is 1. The zero-order valence-electron chi connectivity index (χ0n) is 24.8. The lowest BCUT2D eigenvalue weighted by molar-refractivity contribution is -0.155. The minimum Gasteiger partial charge on any atom is -0.461 e. The van der Waals surface area contributed by atoms with Gasteiger partial charge in [-0.3, -0.25) is 9.69 Å². The second kappa shape index (κ2) is 13.4. The zero-order valence-corrected chi connectivity index (χ0v) is 24.8. The van der Waals surface area contributed by atoms with Crippen LogP contribution in [0.25, 0.3) is 11.5 Å². The van der Waals surface area contributed by atoms with Crippen LogP contribution in [-0.4, -0.2) is 80.0 Å². The van der Waals surface area contributed by atoms with Gasteiger partial charge in [0.15, 0.2) is 5.82 Å². The minimum atomic E-state index is -0.0369. The maximum absolute atomic E-state index is 12.8. The summed E-state index contributed by atoms with van der Waals surface area (Å²) in [6.45, 7) is 6.37. The largest absolute Gasteiger partial charge is 0.461 e. The van der Waals surface area contributed by atoms with E-state index in [4.69, 9.17) is 9.72 Å². The molecule has 1 aromatic carbocycles. The lowest BCUT2D eigenvalue weighted by Gasteiger charge is -2.32. The highest BCUT2D eigenvalue weighted by Gasteiger charge is 2.30. The minimum absolute atomic E-state index is 0.0273. The molecule has 10 nitrogen and oxygen atoms in total. The maximum atomic E-state index is 12.8. The van der Waals surface area contributed by atoms with E-state index in [1.54, 1.807) is 12.4 Å². The molecular weight excluding hydrogens is 540 g/mol. The zero-order chi connectivity index (χ0) is 29.6. The first-order valence-electron chi connectivity index (χ1n) is 15.0. The van der Waals surface area contributed by atoms with E-state index in [1.807, 2.05) is 37.3 Å². The summed E-state index contributed by atoms with van der Waals surface area (Å²) in [4.78, 5) is 40.1. The van der Waals surface area contributed by atoms with E-state index in [9.17, 15) is 4.79 Å². The number of carbonyl (C=O) groups is 1. The average Bonchev–Trinajstić information content (AvgIpc) is 3.43. The van der Waals surface area contributed by atoms with Crippen LogP contribution in [0.4, 0.5) is 11.6 Å². The van der Waals surface area contributed by atoms with Crippen LogP contribution in [0, 0.1) is 12.8 Å². The Morgan fingerprint density at radius 1 is 0.907 bits per heavy atom. The highest BCUT2D eigenvalue weighted by Crippen LogP contribution is 2.23. The van der Waals surface area contributed by atoms with E-state index >= 15 is 0 Å². The Hall–Kier alpha value is -4.28. The molecule has 2 aliphatic heterocycles. The second-order valence-electron chi connectivity index (χ2n) is 11.6. The molecule has 10 heteroatoms. The molecule has 2 atom stereocenters. The number of nitrogens with zero attached hydrogens (tertiary/aromatic N) is 7.